The molecule has 0 spiro atoms. The molecule has 0 radical (unpaired) electrons. The smallest absolute Gasteiger partial charge is 0.300 e. The first-order chi connectivity index (χ1) is 4.63. The summed E-state index contributed by atoms with van der Waals surface area (Å²) >= 11 is 0. The van der Waals surface area contributed by atoms with Crippen LogP contribution in [0.3, 0.4) is 0 Å². The highest BCUT2D eigenvalue weighted by atomic mass is 16.5. The van der Waals surface area contributed by atoms with Crippen LogP contribution in [0.15, 0.2) is 12.3 Å². The van der Waals surface area contributed by atoms with E-state index in [1.54, 1.807) is 0 Å². The molecule has 0 aromatic rings. The summed E-state index contributed by atoms with van der Waals surface area (Å²) in [4.78, 5) is 9.00. The van der Waals surface area contributed by atoms with Gasteiger partial charge in [-0.3, -0.25) is 10.2 Å². The molecule has 11 heavy (non-hydrogen) atoms. The Morgan fingerprint density at radius 3 is 2.36 bits per heavy atom. The van der Waals surface area contributed by atoms with Crippen LogP contribution in [0.2, 0.25) is 0 Å². The van der Waals surface area contributed by atoms with Crippen LogP contribution in [0.4, 0.5) is 0 Å². The molecule has 1 heterocycles. The summed E-state index contributed by atoms with van der Waals surface area (Å²) in [7, 11) is 0. The Kier molecular flexibility index (Phi) is 7.57. The third-order valence-electron chi connectivity index (χ3n) is 0.610. The molecular weight excluding hydrogens is 148 g/mol. The van der Waals surface area contributed by atoms with Gasteiger partial charge in [-0.15, -0.1) is 0 Å². The molecule has 0 aromatic heterocycles. The van der Waals surface area contributed by atoms with Crippen molar-refractivity contribution < 1.29 is 14.6 Å². The van der Waals surface area contributed by atoms with Gasteiger partial charge in [0.2, 0.25) is 0 Å². The fraction of sp³-hybridized carbons (Fsp3) is 0.333. The summed E-state index contributed by atoms with van der Waals surface area (Å²) in [5.74, 6) is -0.491. The van der Waals surface area contributed by atoms with Crippen molar-refractivity contribution in [1.29, 1.82) is 5.41 Å². The second kappa shape index (κ2) is 6.76. The maximum Gasteiger partial charge on any atom is 0.300 e. The minimum absolute atomic E-state index is 0. The maximum absolute atomic E-state index is 9.00. The fourth-order valence-corrected chi connectivity index (χ4v) is 0.334. The van der Waals surface area contributed by atoms with Crippen molar-refractivity contribution in [3.63, 3.8) is 0 Å². The highest BCUT2D eigenvalue weighted by molar-refractivity contribution is 5.76. The summed E-state index contributed by atoms with van der Waals surface area (Å²) < 4.78 is 4.56. The molecule has 5 heteroatoms. The Bertz CT molecular complexity index is 151. The summed E-state index contributed by atoms with van der Waals surface area (Å²) in [6.07, 6.45) is 4.00. The highest BCUT2D eigenvalue weighted by Crippen LogP contribution is 1.97. The van der Waals surface area contributed by atoms with E-state index in [0.29, 0.717) is 12.3 Å². The average molecular weight is 160 g/mol. The first-order valence-electron chi connectivity index (χ1n) is 2.71. The Morgan fingerprint density at radius 1 is 1.82 bits per heavy atom. The van der Waals surface area contributed by atoms with Crippen LogP contribution < -0.4 is 6.15 Å². The number of aliphatic carboxylic acids is 1. The number of hydrogen-bond acceptors (Lipinski definition) is 4. The van der Waals surface area contributed by atoms with Gasteiger partial charge in [0.25, 0.3) is 5.97 Å². The molecule has 5 nitrogen and oxygen atoms in total. The van der Waals surface area contributed by atoms with Gasteiger partial charge in [-0.2, -0.15) is 0 Å². The molecule has 0 unspecified atom stereocenters. The quantitative estimate of drug-likeness (QED) is 0.494. The maximum atomic E-state index is 9.00. The van der Waals surface area contributed by atoms with E-state index >= 15 is 0 Å². The Morgan fingerprint density at radius 2 is 2.27 bits per heavy atom. The van der Waals surface area contributed by atoms with Crippen molar-refractivity contribution in [3.8, 4) is 0 Å². The minimum atomic E-state index is -0.833. The molecule has 0 atom stereocenters. The number of carbonyl (C=O) groups is 1. The van der Waals surface area contributed by atoms with E-state index in [9.17, 15) is 0 Å². The zero-order valence-electron chi connectivity index (χ0n) is 6.33. The summed E-state index contributed by atoms with van der Waals surface area (Å²) in [6.45, 7) is 1.08. The van der Waals surface area contributed by atoms with Crippen LogP contribution in [-0.4, -0.2) is 17.0 Å². The SMILES string of the molecule is CC(=O)O.N.N=C1CC=CO1. The van der Waals surface area contributed by atoms with E-state index in [1.807, 2.05) is 6.08 Å². The monoisotopic (exact) mass is 160 g/mol. The standard InChI is InChI=1S/C4H5NO.C2H4O2.H3N/c5-4-2-1-3-6-4;1-2(3)4;/h1,3,5H,2H2;1H3,(H,3,4);1H3. The Balaban J connectivity index is 0. The van der Waals surface area contributed by atoms with Crippen LogP contribution in [0.5, 0.6) is 0 Å². The predicted molar refractivity (Wildman–Crippen MR) is 40.9 cm³/mol. The lowest BCUT2D eigenvalue weighted by Gasteiger charge is -1.83. The predicted octanol–water partition coefficient (Wildman–Crippen LogP) is 1.15. The summed E-state index contributed by atoms with van der Waals surface area (Å²) in [6, 6.07) is 0. The lowest BCUT2D eigenvalue weighted by Crippen LogP contribution is -1.85. The van der Waals surface area contributed by atoms with Crippen LogP contribution >= 0.6 is 0 Å². The van der Waals surface area contributed by atoms with Crippen molar-refractivity contribution in [2.24, 2.45) is 0 Å². The number of carboxylic acids is 1. The van der Waals surface area contributed by atoms with Gasteiger partial charge in [0.05, 0.1) is 6.26 Å². The first kappa shape index (κ1) is 12.3. The number of rotatable bonds is 0. The van der Waals surface area contributed by atoms with Crippen molar-refractivity contribution in [3.05, 3.63) is 12.3 Å². The highest BCUT2D eigenvalue weighted by Gasteiger charge is 1.95. The largest absolute Gasteiger partial charge is 0.481 e. The number of carboxylic acid groups (broad SMARTS) is 1. The van der Waals surface area contributed by atoms with Gasteiger partial charge in [0.15, 0.2) is 5.90 Å². The number of nitrogens with one attached hydrogen (secondary N) is 1. The Labute approximate surface area is 64.8 Å². The van der Waals surface area contributed by atoms with E-state index in [4.69, 9.17) is 15.3 Å². The number of ether oxygens (including phenoxy) is 1. The third-order valence-corrected chi connectivity index (χ3v) is 0.610. The number of hydrogen-bond donors (Lipinski definition) is 3. The molecule has 0 saturated carbocycles. The average Bonchev–Trinajstić information content (AvgIpc) is 2.15. The van der Waals surface area contributed by atoms with Crippen LogP contribution in [0.25, 0.3) is 0 Å². The topological polar surface area (TPSA) is 105 Å². The zero-order chi connectivity index (χ0) is 7.98. The molecule has 1 aliphatic rings. The second-order valence-corrected chi connectivity index (χ2v) is 1.64. The molecule has 0 aromatic carbocycles. The minimum Gasteiger partial charge on any atom is -0.481 e. The molecule has 0 saturated heterocycles. The lowest BCUT2D eigenvalue weighted by atomic mass is 10.5. The van der Waals surface area contributed by atoms with Gasteiger partial charge in [0.1, 0.15) is 0 Å². The fourth-order valence-electron chi connectivity index (χ4n) is 0.334. The van der Waals surface area contributed by atoms with Gasteiger partial charge in [-0.05, 0) is 6.08 Å². The molecule has 0 fully saturated rings. The molecule has 0 bridgehead atoms. The van der Waals surface area contributed by atoms with Gasteiger partial charge in [-0.25, -0.2) is 0 Å². The molecular formula is C6H12N2O3. The van der Waals surface area contributed by atoms with Gasteiger partial charge < -0.3 is 16.0 Å². The van der Waals surface area contributed by atoms with Crippen LogP contribution in [-0.2, 0) is 9.53 Å². The Hall–Kier alpha value is -1.36. The molecule has 0 aliphatic carbocycles. The molecule has 1 rings (SSSR count). The van der Waals surface area contributed by atoms with Crippen molar-refractivity contribution in [2.45, 2.75) is 13.3 Å². The van der Waals surface area contributed by atoms with E-state index < -0.39 is 5.97 Å². The van der Waals surface area contributed by atoms with Crippen molar-refractivity contribution in [2.75, 3.05) is 0 Å². The first-order valence-corrected chi connectivity index (χ1v) is 2.71. The molecule has 5 N–H and O–H groups in total. The molecule has 1 aliphatic heterocycles. The van der Waals surface area contributed by atoms with E-state index in [-0.39, 0.29) is 6.15 Å². The van der Waals surface area contributed by atoms with E-state index in [1.165, 1.54) is 6.26 Å². The van der Waals surface area contributed by atoms with Gasteiger partial charge >= 0.3 is 0 Å². The summed E-state index contributed by atoms with van der Waals surface area (Å²) in [5, 5.41) is 14.2. The summed E-state index contributed by atoms with van der Waals surface area (Å²) in [5.41, 5.74) is 0. The van der Waals surface area contributed by atoms with E-state index in [2.05, 4.69) is 4.74 Å². The van der Waals surface area contributed by atoms with Crippen molar-refractivity contribution >= 4 is 11.9 Å². The molecule has 0 amide bonds. The van der Waals surface area contributed by atoms with Gasteiger partial charge in [0, 0.05) is 13.3 Å². The van der Waals surface area contributed by atoms with Crippen LogP contribution in [0, 0.1) is 5.41 Å². The third kappa shape index (κ3) is 12.0. The van der Waals surface area contributed by atoms with E-state index in [0.717, 1.165) is 6.92 Å². The lowest BCUT2D eigenvalue weighted by molar-refractivity contribution is -0.134. The molecule has 64 valence electrons. The second-order valence-electron chi connectivity index (χ2n) is 1.64. The van der Waals surface area contributed by atoms with Crippen LogP contribution in [0.1, 0.15) is 13.3 Å². The zero-order valence-corrected chi connectivity index (χ0v) is 6.33. The van der Waals surface area contributed by atoms with Gasteiger partial charge in [-0.1, -0.05) is 0 Å². The normalized spacial score (nSPS) is 12.3. The van der Waals surface area contributed by atoms with Crippen molar-refractivity contribution in [1.82, 2.24) is 6.15 Å².